The summed E-state index contributed by atoms with van der Waals surface area (Å²) in [7, 11) is 6.44. The number of hydrogen-bond donors (Lipinski definition) is 5. The van der Waals surface area contributed by atoms with Crippen LogP contribution in [0.15, 0.2) is 39.4 Å². The predicted octanol–water partition coefficient (Wildman–Crippen LogP) is 0.524. The van der Waals surface area contributed by atoms with Crippen molar-refractivity contribution in [2.75, 3.05) is 28.2 Å². The molecule has 0 aliphatic heterocycles. The van der Waals surface area contributed by atoms with Gasteiger partial charge in [0.05, 0.1) is 17.3 Å². The third-order valence-electron chi connectivity index (χ3n) is 6.91. The van der Waals surface area contributed by atoms with E-state index in [1.54, 1.807) is 28.2 Å². The molecule has 0 aromatic heterocycles. The van der Waals surface area contributed by atoms with E-state index in [1.807, 2.05) is 0 Å². The SMILES string of the molecule is CN(C)N=Nc1ccc(O)c2c1C[C@H]1C[C@H]3[C@H](N(C)C)C(=O)C(C(N)=O)=C(O)[C@@]3(O)C(=O)C1=C2O. The van der Waals surface area contributed by atoms with Gasteiger partial charge < -0.3 is 26.2 Å². The van der Waals surface area contributed by atoms with Crippen LogP contribution in [0.25, 0.3) is 5.76 Å². The molecule has 0 unspecified atom stereocenters. The Labute approximate surface area is 200 Å². The van der Waals surface area contributed by atoms with Gasteiger partial charge in [-0.05, 0) is 50.6 Å². The summed E-state index contributed by atoms with van der Waals surface area (Å²) < 4.78 is 0. The summed E-state index contributed by atoms with van der Waals surface area (Å²) in [6.45, 7) is 0. The lowest BCUT2D eigenvalue weighted by Gasteiger charge is -2.50. The monoisotopic (exact) mass is 485 g/mol. The number of rotatable bonds is 4. The molecule has 0 bridgehead atoms. The summed E-state index contributed by atoms with van der Waals surface area (Å²) in [4.78, 5) is 40.3. The molecule has 1 amide bonds. The highest BCUT2D eigenvalue weighted by atomic mass is 16.3. The lowest BCUT2D eigenvalue weighted by molar-refractivity contribution is -0.153. The third-order valence-corrected chi connectivity index (χ3v) is 6.91. The fourth-order valence-electron chi connectivity index (χ4n) is 5.46. The first-order chi connectivity index (χ1) is 16.3. The van der Waals surface area contributed by atoms with Crippen LogP contribution in [0.2, 0.25) is 0 Å². The van der Waals surface area contributed by atoms with Crippen molar-refractivity contribution in [3.63, 3.8) is 0 Å². The van der Waals surface area contributed by atoms with Gasteiger partial charge in [0.15, 0.2) is 11.4 Å². The topological polar surface area (TPSA) is 189 Å². The van der Waals surface area contributed by atoms with Gasteiger partial charge >= 0.3 is 0 Å². The smallest absolute Gasteiger partial charge is 0.255 e. The van der Waals surface area contributed by atoms with Crippen molar-refractivity contribution in [2.24, 2.45) is 27.9 Å². The Bertz CT molecular complexity index is 1250. The summed E-state index contributed by atoms with van der Waals surface area (Å²) in [6.07, 6.45) is 0.149. The quantitative estimate of drug-likeness (QED) is 0.230. The van der Waals surface area contributed by atoms with Crippen molar-refractivity contribution in [1.82, 2.24) is 9.91 Å². The number of aliphatic hydroxyl groups is 3. The summed E-state index contributed by atoms with van der Waals surface area (Å²) in [5, 5.41) is 53.6. The van der Waals surface area contributed by atoms with E-state index in [0.717, 1.165) is 0 Å². The summed E-state index contributed by atoms with van der Waals surface area (Å²) in [6, 6.07) is 1.69. The average molecular weight is 485 g/mol. The lowest BCUT2D eigenvalue weighted by atomic mass is 9.57. The molecule has 12 nitrogen and oxygen atoms in total. The number of carbonyl (C=O) groups excluding carboxylic acids is 3. The summed E-state index contributed by atoms with van der Waals surface area (Å²) >= 11 is 0. The Hall–Kier alpha value is -3.77. The maximum absolute atomic E-state index is 13.7. The maximum Gasteiger partial charge on any atom is 0.255 e. The zero-order valence-electron chi connectivity index (χ0n) is 19.7. The number of aliphatic hydroxyl groups excluding tert-OH is 2. The van der Waals surface area contributed by atoms with E-state index >= 15 is 0 Å². The normalized spacial score (nSPS) is 28.3. The number of primary amides is 1. The fraction of sp³-hybridized carbons (Fsp3) is 0.435. The molecule has 0 spiro atoms. The minimum Gasteiger partial charge on any atom is -0.508 e. The molecule has 186 valence electrons. The van der Waals surface area contributed by atoms with Gasteiger partial charge in [-0.25, -0.2) is 0 Å². The Kier molecular flexibility index (Phi) is 5.68. The highest BCUT2D eigenvalue weighted by Crippen LogP contribution is 2.53. The van der Waals surface area contributed by atoms with Gasteiger partial charge in [0.2, 0.25) is 5.78 Å². The molecule has 4 rings (SSSR count). The van der Waals surface area contributed by atoms with E-state index in [4.69, 9.17) is 5.73 Å². The Morgan fingerprint density at radius 2 is 1.80 bits per heavy atom. The van der Waals surface area contributed by atoms with E-state index in [0.29, 0.717) is 11.3 Å². The van der Waals surface area contributed by atoms with Crippen LogP contribution in [0.3, 0.4) is 0 Å². The molecule has 3 aliphatic rings. The third kappa shape index (κ3) is 3.40. The van der Waals surface area contributed by atoms with Gasteiger partial charge in [-0.15, -0.1) is 5.11 Å². The molecule has 35 heavy (non-hydrogen) atoms. The number of phenols is 1. The van der Waals surface area contributed by atoms with E-state index in [2.05, 4.69) is 10.3 Å². The van der Waals surface area contributed by atoms with E-state index in [1.165, 1.54) is 22.0 Å². The highest BCUT2D eigenvalue weighted by molar-refractivity contribution is 6.24. The first-order valence-corrected chi connectivity index (χ1v) is 10.9. The van der Waals surface area contributed by atoms with Gasteiger partial charge in [-0.3, -0.25) is 24.3 Å². The van der Waals surface area contributed by atoms with E-state index < -0.39 is 58.0 Å². The minimum atomic E-state index is -2.66. The molecular weight excluding hydrogens is 458 g/mol. The Balaban J connectivity index is 1.96. The zero-order chi connectivity index (χ0) is 26.0. The number of Topliss-reactive ketones (excluding diaryl/α,β-unsaturated/α-hetero) is 2. The average Bonchev–Trinajstić information content (AvgIpc) is 2.75. The van der Waals surface area contributed by atoms with Crippen LogP contribution in [0.1, 0.15) is 17.5 Å². The summed E-state index contributed by atoms with van der Waals surface area (Å²) in [5.74, 6) is -6.93. The largest absolute Gasteiger partial charge is 0.508 e. The number of amides is 1. The van der Waals surface area contributed by atoms with Crippen molar-refractivity contribution in [1.29, 1.82) is 0 Å². The molecule has 3 aliphatic carbocycles. The number of fused-ring (bicyclic) bond motifs is 3. The maximum atomic E-state index is 13.7. The number of likely N-dealkylation sites (N-methyl/N-ethyl adjacent to an activating group) is 1. The first-order valence-electron chi connectivity index (χ1n) is 10.9. The molecular formula is C23H27N5O7. The number of benzene rings is 1. The van der Waals surface area contributed by atoms with Crippen molar-refractivity contribution in [3.05, 3.63) is 40.2 Å². The second-order valence-corrected chi connectivity index (χ2v) is 9.46. The molecule has 0 heterocycles. The number of carbonyl (C=O) groups is 3. The van der Waals surface area contributed by atoms with Crippen LogP contribution in [0.4, 0.5) is 5.69 Å². The first kappa shape index (κ1) is 24.4. The number of aromatic hydroxyl groups is 1. The van der Waals surface area contributed by atoms with E-state index in [9.17, 15) is 34.8 Å². The minimum absolute atomic E-state index is 0.00564. The summed E-state index contributed by atoms with van der Waals surface area (Å²) in [5.41, 5.74) is 2.37. The van der Waals surface area contributed by atoms with Gasteiger partial charge in [0.25, 0.3) is 5.91 Å². The van der Waals surface area contributed by atoms with Crippen molar-refractivity contribution >= 4 is 28.9 Å². The van der Waals surface area contributed by atoms with Crippen LogP contribution in [0, 0.1) is 11.8 Å². The lowest BCUT2D eigenvalue weighted by Crippen LogP contribution is -2.65. The van der Waals surface area contributed by atoms with Crippen molar-refractivity contribution in [3.8, 4) is 5.75 Å². The molecule has 6 N–H and O–H groups in total. The number of nitrogens with two attached hydrogens (primary N) is 1. The van der Waals surface area contributed by atoms with Crippen LogP contribution >= 0.6 is 0 Å². The van der Waals surface area contributed by atoms with Gasteiger partial charge in [0, 0.05) is 25.6 Å². The fourth-order valence-corrected chi connectivity index (χ4v) is 5.46. The number of ketones is 2. The predicted molar refractivity (Wildman–Crippen MR) is 122 cm³/mol. The molecule has 4 atom stereocenters. The molecule has 1 saturated carbocycles. The second-order valence-electron chi connectivity index (χ2n) is 9.46. The van der Waals surface area contributed by atoms with Crippen molar-refractivity contribution < 1.29 is 34.8 Å². The molecule has 1 aromatic carbocycles. The van der Waals surface area contributed by atoms with Gasteiger partial charge in [-0.2, -0.15) is 0 Å². The highest BCUT2D eigenvalue weighted by Gasteiger charge is 2.64. The van der Waals surface area contributed by atoms with Crippen LogP contribution in [-0.2, 0) is 20.8 Å². The number of hydrogen-bond acceptors (Lipinski definition) is 10. The Morgan fingerprint density at radius 3 is 2.37 bits per heavy atom. The molecule has 1 aromatic rings. The zero-order valence-corrected chi connectivity index (χ0v) is 19.7. The van der Waals surface area contributed by atoms with Crippen LogP contribution < -0.4 is 5.73 Å². The molecule has 1 fully saturated rings. The molecule has 12 heteroatoms. The van der Waals surface area contributed by atoms with E-state index in [-0.39, 0.29) is 29.7 Å². The second kappa shape index (κ2) is 8.17. The number of phenolic OH excluding ortho intramolecular Hbond substituents is 1. The van der Waals surface area contributed by atoms with Gasteiger partial charge in [-0.1, -0.05) is 5.22 Å². The van der Waals surface area contributed by atoms with Gasteiger partial charge in [0.1, 0.15) is 22.8 Å². The Morgan fingerprint density at radius 1 is 1.14 bits per heavy atom. The molecule has 0 radical (unpaired) electrons. The molecule has 0 saturated heterocycles. The van der Waals surface area contributed by atoms with Crippen molar-refractivity contribution in [2.45, 2.75) is 24.5 Å². The standard InChI is InChI=1S/C23H27N5O7/c1-27(2)17-11-8-9-7-10-12(25-26-28(3)4)5-6-13(29)15(10)18(30)14(9)20(32)23(11,35)21(33)16(19(17)31)22(24)34/h5-6,9,11,17,29-30,33,35H,7-8H2,1-4H3,(H2,24,34)/t9-,11-,17-,23-/m0/s1. The van der Waals surface area contributed by atoms with Crippen LogP contribution in [-0.4, -0.2) is 87.6 Å². The van der Waals surface area contributed by atoms with Crippen LogP contribution in [0.5, 0.6) is 5.75 Å². The number of nitrogens with zero attached hydrogens (tertiary/aromatic N) is 4.